The van der Waals surface area contributed by atoms with Crippen LogP contribution >= 0.6 is 24.0 Å². The van der Waals surface area contributed by atoms with Crippen molar-refractivity contribution < 1.29 is 14.2 Å². The molecular formula is C24H37IN4O3. The number of nitrogens with zero attached hydrogens (tertiary/aromatic N) is 2. The van der Waals surface area contributed by atoms with Crippen LogP contribution in [0, 0.1) is 0 Å². The minimum atomic E-state index is 0. The van der Waals surface area contributed by atoms with Gasteiger partial charge in [0.2, 0.25) is 0 Å². The number of hydrogen-bond donors (Lipinski definition) is 2. The van der Waals surface area contributed by atoms with Gasteiger partial charge in [0, 0.05) is 13.1 Å². The summed E-state index contributed by atoms with van der Waals surface area (Å²) in [5.74, 6) is 2.75. The summed E-state index contributed by atoms with van der Waals surface area (Å²) in [6, 6.07) is 13.9. The summed E-state index contributed by atoms with van der Waals surface area (Å²) < 4.78 is 16.4. The summed E-state index contributed by atoms with van der Waals surface area (Å²) in [6.07, 6.45) is 0.802. The Morgan fingerprint density at radius 3 is 2.25 bits per heavy atom. The van der Waals surface area contributed by atoms with Crippen LogP contribution in [0.25, 0.3) is 0 Å². The summed E-state index contributed by atoms with van der Waals surface area (Å²) in [4.78, 5) is 6.75. The molecular weight excluding hydrogens is 519 g/mol. The number of aliphatic imine (C=N–C) groups is 1. The molecule has 2 rings (SSSR count). The largest absolute Gasteiger partial charge is 0.493 e. The van der Waals surface area contributed by atoms with Gasteiger partial charge in [-0.3, -0.25) is 0 Å². The predicted molar refractivity (Wildman–Crippen MR) is 142 cm³/mol. The monoisotopic (exact) mass is 556 g/mol. The number of ether oxygens (including phenoxy) is 3. The molecule has 3 N–H and O–H groups in total. The highest BCUT2D eigenvalue weighted by molar-refractivity contribution is 14.0. The minimum Gasteiger partial charge on any atom is -0.493 e. The molecule has 2 aromatic carbocycles. The zero-order chi connectivity index (χ0) is 22.5. The standard InChI is InChI=1S/C24H36N4O3.HI/c1-5-28(6-2)15-16-31-21-10-7-20(8-11-21)18-27-24(25)26-14-13-19-9-12-22(29-3)23(17-19)30-4;/h7-12,17H,5-6,13-16,18H2,1-4H3,(H3,25,26,27);1H. The quantitative estimate of drug-likeness (QED) is 0.223. The predicted octanol–water partition coefficient (Wildman–Crippen LogP) is 3.69. The lowest BCUT2D eigenvalue weighted by atomic mass is 10.1. The van der Waals surface area contributed by atoms with Gasteiger partial charge in [0.25, 0.3) is 0 Å². The van der Waals surface area contributed by atoms with Crippen LogP contribution in [0.2, 0.25) is 0 Å². The Morgan fingerprint density at radius 2 is 1.62 bits per heavy atom. The van der Waals surface area contributed by atoms with Gasteiger partial charge >= 0.3 is 0 Å². The lowest BCUT2D eigenvalue weighted by molar-refractivity contribution is 0.223. The molecule has 0 aliphatic rings. The maximum atomic E-state index is 6.00. The first kappa shape index (κ1) is 27.8. The fraction of sp³-hybridized carbons (Fsp3) is 0.458. The molecule has 0 saturated heterocycles. The van der Waals surface area contributed by atoms with E-state index in [1.807, 2.05) is 42.5 Å². The molecule has 0 spiro atoms. The Bertz CT molecular complexity index is 811. The van der Waals surface area contributed by atoms with Crippen molar-refractivity contribution in [2.45, 2.75) is 26.8 Å². The van der Waals surface area contributed by atoms with E-state index >= 15 is 0 Å². The highest BCUT2D eigenvalue weighted by atomic mass is 127. The lowest BCUT2D eigenvalue weighted by Crippen LogP contribution is -2.33. The summed E-state index contributed by atoms with van der Waals surface area (Å²) >= 11 is 0. The first-order valence-corrected chi connectivity index (χ1v) is 10.8. The van der Waals surface area contributed by atoms with Gasteiger partial charge in [0.05, 0.1) is 20.8 Å². The number of guanidine groups is 1. The maximum absolute atomic E-state index is 6.00. The van der Waals surface area contributed by atoms with E-state index < -0.39 is 0 Å². The van der Waals surface area contributed by atoms with Gasteiger partial charge in [-0.25, -0.2) is 4.99 Å². The molecule has 0 amide bonds. The molecule has 0 aliphatic carbocycles. The number of nitrogens with one attached hydrogen (secondary N) is 1. The van der Waals surface area contributed by atoms with Crippen molar-refractivity contribution in [1.29, 1.82) is 0 Å². The Morgan fingerprint density at radius 1 is 0.969 bits per heavy atom. The first-order valence-electron chi connectivity index (χ1n) is 10.8. The number of rotatable bonds is 13. The van der Waals surface area contributed by atoms with Gasteiger partial charge in [-0.2, -0.15) is 0 Å². The fourth-order valence-corrected chi connectivity index (χ4v) is 3.13. The van der Waals surface area contributed by atoms with Crippen molar-refractivity contribution >= 4 is 29.9 Å². The van der Waals surface area contributed by atoms with Crippen LogP contribution < -0.4 is 25.3 Å². The third-order valence-corrected chi connectivity index (χ3v) is 5.09. The van der Waals surface area contributed by atoms with Gasteiger partial charge in [-0.05, 0) is 54.9 Å². The van der Waals surface area contributed by atoms with E-state index in [2.05, 4.69) is 29.1 Å². The molecule has 2 aromatic rings. The second kappa shape index (κ2) is 15.6. The molecule has 0 unspecified atom stereocenters. The second-order valence-electron chi connectivity index (χ2n) is 7.09. The summed E-state index contributed by atoms with van der Waals surface area (Å²) in [5.41, 5.74) is 8.22. The fourth-order valence-electron chi connectivity index (χ4n) is 3.13. The van der Waals surface area contributed by atoms with E-state index in [0.717, 1.165) is 54.4 Å². The van der Waals surface area contributed by atoms with Crippen LogP contribution in [0.4, 0.5) is 0 Å². The van der Waals surface area contributed by atoms with Crippen LogP contribution in [0.5, 0.6) is 17.2 Å². The summed E-state index contributed by atoms with van der Waals surface area (Å²) in [5, 5.41) is 3.15. The molecule has 0 fully saturated rings. The van der Waals surface area contributed by atoms with Crippen LogP contribution in [-0.4, -0.2) is 57.9 Å². The van der Waals surface area contributed by atoms with Crippen molar-refractivity contribution in [3.05, 3.63) is 53.6 Å². The summed E-state index contributed by atoms with van der Waals surface area (Å²) in [6.45, 7) is 9.24. The molecule has 0 heterocycles. The Kier molecular flexibility index (Phi) is 13.5. The number of hydrogen-bond acceptors (Lipinski definition) is 5. The molecule has 8 heteroatoms. The van der Waals surface area contributed by atoms with Crippen LogP contribution in [-0.2, 0) is 13.0 Å². The molecule has 0 saturated carbocycles. The molecule has 32 heavy (non-hydrogen) atoms. The summed E-state index contributed by atoms with van der Waals surface area (Å²) in [7, 11) is 3.26. The number of halogens is 1. The Balaban J connectivity index is 0.00000512. The average molecular weight is 556 g/mol. The molecule has 0 aromatic heterocycles. The number of nitrogens with two attached hydrogens (primary N) is 1. The molecule has 0 aliphatic heterocycles. The van der Waals surface area contributed by atoms with E-state index in [4.69, 9.17) is 19.9 Å². The van der Waals surface area contributed by atoms with Crippen LogP contribution in [0.1, 0.15) is 25.0 Å². The zero-order valence-electron chi connectivity index (χ0n) is 19.6. The van der Waals surface area contributed by atoms with E-state index in [0.29, 0.717) is 25.7 Å². The number of likely N-dealkylation sites (N-methyl/N-ethyl adjacent to an activating group) is 1. The minimum absolute atomic E-state index is 0. The smallest absolute Gasteiger partial charge is 0.188 e. The van der Waals surface area contributed by atoms with E-state index in [9.17, 15) is 0 Å². The number of benzene rings is 2. The Hall–Kier alpha value is -2.20. The highest BCUT2D eigenvalue weighted by Gasteiger charge is 2.05. The molecule has 0 bridgehead atoms. The second-order valence-corrected chi connectivity index (χ2v) is 7.09. The first-order chi connectivity index (χ1) is 15.1. The van der Waals surface area contributed by atoms with Crippen molar-refractivity contribution in [3.8, 4) is 17.2 Å². The van der Waals surface area contributed by atoms with Gasteiger partial charge in [0.15, 0.2) is 17.5 Å². The molecule has 7 nitrogen and oxygen atoms in total. The highest BCUT2D eigenvalue weighted by Crippen LogP contribution is 2.27. The normalized spacial score (nSPS) is 11.1. The molecule has 0 radical (unpaired) electrons. The Labute approximate surface area is 209 Å². The van der Waals surface area contributed by atoms with E-state index in [1.54, 1.807) is 14.2 Å². The lowest BCUT2D eigenvalue weighted by Gasteiger charge is -2.18. The van der Waals surface area contributed by atoms with Crippen LogP contribution in [0.15, 0.2) is 47.5 Å². The topological polar surface area (TPSA) is 81.3 Å². The van der Waals surface area contributed by atoms with Crippen molar-refractivity contribution in [1.82, 2.24) is 10.2 Å². The molecule has 0 atom stereocenters. The van der Waals surface area contributed by atoms with Gasteiger partial charge in [-0.15, -0.1) is 24.0 Å². The van der Waals surface area contributed by atoms with E-state index in [1.165, 1.54) is 0 Å². The van der Waals surface area contributed by atoms with E-state index in [-0.39, 0.29) is 24.0 Å². The van der Waals surface area contributed by atoms with Gasteiger partial charge in [-0.1, -0.05) is 32.0 Å². The maximum Gasteiger partial charge on any atom is 0.188 e. The third-order valence-electron chi connectivity index (χ3n) is 5.09. The number of methoxy groups -OCH3 is 2. The zero-order valence-corrected chi connectivity index (χ0v) is 21.9. The SMILES string of the molecule is CCN(CC)CCOc1ccc(CN=C(N)NCCc2ccc(OC)c(OC)c2)cc1.I. The van der Waals surface area contributed by atoms with Crippen molar-refractivity contribution in [2.24, 2.45) is 10.7 Å². The average Bonchev–Trinajstić information content (AvgIpc) is 2.81. The van der Waals surface area contributed by atoms with Gasteiger partial charge < -0.3 is 30.2 Å². The van der Waals surface area contributed by atoms with Gasteiger partial charge in [0.1, 0.15) is 12.4 Å². The van der Waals surface area contributed by atoms with Crippen molar-refractivity contribution in [2.75, 3.05) is 47.0 Å². The van der Waals surface area contributed by atoms with Crippen LogP contribution in [0.3, 0.4) is 0 Å². The third kappa shape index (κ3) is 9.52. The van der Waals surface area contributed by atoms with Crippen molar-refractivity contribution in [3.63, 3.8) is 0 Å². The molecule has 178 valence electrons.